The Bertz CT molecular complexity index is 1190. The van der Waals surface area contributed by atoms with Gasteiger partial charge in [0.1, 0.15) is 17.7 Å². The Balaban J connectivity index is 1.35. The van der Waals surface area contributed by atoms with Crippen molar-refractivity contribution in [1.82, 2.24) is 9.88 Å². The molecule has 1 fully saturated rings. The quantitative estimate of drug-likeness (QED) is 0.319. The maximum Gasteiger partial charge on any atom is 0.303 e. The number of ether oxygens (including phenoxy) is 2. The number of alkyl halides is 1. The molecule has 7 heteroatoms. The van der Waals surface area contributed by atoms with Crippen molar-refractivity contribution in [3.63, 3.8) is 0 Å². The van der Waals surface area contributed by atoms with Crippen LogP contribution in [0.25, 0.3) is 10.9 Å². The molecule has 37 heavy (non-hydrogen) atoms. The van der Waals surface area contributed by atoms with E-state index in [9.17, 15) is 9.90 Å². The number of aliphatic carboxylic acids is 1. The van der Waals surface area contributed by atoms with E-state index in [1.165, 1.54) is 5.56 Å². The van der Waals surface area contributed by atoms with Crippen LogP contribution >= 0.6 is 0 Å². The van der Waals surface area contributed by atoms with Gasteiger partial charge in [-0.05, 0) is 98.5 Å². The Labute approximate surface area is 218 Å². The number of benzene rings is 2. The molecule has 1 aliphatic heterocycles. The summed E-state index contributed by atoms with van der Waals surface area (Å²) in [7, 11) is 3.29. The van der Waals surface area contributed by atoms with Gasteiger partial charge >= 0.3 is 5.97 Å². The molecule has 6 nitrogen and oxygen atoms in total. The zero-order chi connectivity index (χ0) is 26.2. The lowest BCUT2D eigenvalue weighted by molar-refractivity contribution is -0.139. The molecule has 0 unspecified atom stereocenters. The number of hydrogen-bond donors (Lipinski definition) is 1. The van der Waals surface area contributed by atoms with Crippen LogP contribution in [-0.4, -0.2) is 54.8 Å². The van der Waals surface area contributed by atoms with Gasteiger partial charge in [0.2, 0.25) is 0 Å². The van der Waals surface area contributed by atoms with E-state index >= 15 is 4.39 Å². The monoisotopic (exact) mass is 508 g/mol. The number of halogens is 1. The van der Waals surface area contributed by atoms with Crippen LogP contribution in [-0.2, 0) is 11.2 Å². The Morgan fingerprint density at radius 2 is 2.00 bits per heavy atom. The summed E-state index contributed by atoms with van der Waals surface area (Å²) in [4.78, 5) is 18.4. The third-order valence-corrected chi connectivity index (χ3v) is 7.64. The molecule has 0 aliphatic carbocycles. The molecule has 0 amide bonds. The average molecular weight is 509 g/mol. The lowest BCUT2D eigenvalue weighted by atomic mass is 9.79. The van der Waals surface area contributed by atoms with Gasteiger partial charge < -0.3 is 19.5 Å². The third-order valence-electron chi connectivity index (χ3n) is 7.64. The van der Waals surface area contributed by atoms with Crippen LogP contribution < -0.4 is 9.47 Å². The minimum atomic E-state index is -1.14. The minimum Gasteiger partial charge on any atom is -0.497 e. The van der Waals surface area contributed by atoms with E-state index in [0.29, 0.717) is 24.2 Å². The first-order valence-electron chi connectivity index (χ1n) is 13.1. The SMILES string of the molecule is COc1ccc2nccc([C@@H](F)CC[C@@H]3CCN(CCCc4ccccc4OC)C[C@@H]3CC(=O)O)c2c1. The molecule has 1 aromatic heterocycles. The molecule has 4 rings (SSSR count). The summed E-state index contributed by atoms with van der Waals surface area (Å²) in [6.45, 7) is 2.58. The largest absolute Gasteiger partial charge is 0.497 e. The van der Waals surface area contributed by atoms with E-state index in [1.54, 1.807) is 26.5 Å². The van der Waals surface area contributed by atoms with Crippen LogP contribution in [0.3, 0.4) is 0 Å². The van der Waals surface area contributed by atoms with Crippen molar-refractivity contribution in [2.45, 2.75) is 44.7 Å². The molecule has 2 aromatic carbocycles. The predicted octanol–water partition coefficient (Wildman–Crippen LogP) is 6.09. The van der Waals surface area contributed by atoms with Crippen LogP contribution in [0.2, 0.25) is 0 Å². The second-order valence-corrected chi connectivity index (χ2v) is 9.95. The Morgan fingerprint density at radius 3 is 2.78 bits per heavy atom. The molecule has 0 bridgehead atoms. The van der Waals surface area contributed by atoms with Crippen LogP contribution in [0.4, 0.5) is 4.39 Å². The predicted molar refractivity (Wildman–Crippen MR) is 143 cm³/mol. The average Bonchev–Trinajstić information content (AvgIpc) is 2.91. The Kier molecular flexibility index (Phi) is 9.34. The number of hydrogen-bond acceptors (Lipinski definition) is 5. The second-order valence-electron chi connectivity index (χ2n) is 9.95. The molecule has 0 spiro atoms. The van der Waals surface area contributed by atoms with E-state index in [2.05, 4.69) is 16.0 Å². The number of methoxy groups -OCH3 is 2. The van der Waals surface area contributed by atoms with Crippen molar-refractivity contribution in [3.8, 4) is 11.5 Å². The maximum atomic E-state index is 15.5. The molecule has 198 valence electrons. The number of pyridine rings is 1. The molecule has 3 aromatic rings. The van der Waals surface area contributed by atoms with Gasteiger partial charge in [-0.15, -0.1) is 0 Å². The van der Waals surface area contributed by atoms with Crippen LogP contribution in [0.1, 0.15) is 49.4 Å². The number of fused-ring (bicyclic) bond motifs is 1. The summed E-state index contributed by atoms with van der Waals surface area (Å²) >= 11 is 0. The fraction of sp³-hybridized carbons (Fsp3) is 0.467. The summed E-state index contributed by atoms with van der Waals surface area (Å²) < 4.78 is 26.3. The topological polar surface area (TPSA) is 71.9 Å². The number of carboxylic acid groups (broad SMARTS) is 1. The highest BCUT2D eigenvalue weighted by atomic mass is 19.1. The molecule has 0 radical (unpaired) electrons. The number of nitrogens with zero attached hydrogens (tertiary/aromatic N) is 2. The number of carboxylic acids is 1. The summed E-state index contributed by atoms with van der Waals surface area (Å²) in [5.41, 5.74) is 2.55. The van der Waals surface area contributed by atoms with Crippen LogP contribution in [0.15, 0.2) is 54.7 Å². The zero-order valence-electron chi connectivity index (χ0n) is 21.7. The highest BCUT2D eigenvalue weighted by Gasteiger charge is 2.31. The molecule has 0 saturated carbocycles. The maximum absolute atomic E-state index is 15.5. The van der Waals surface area contributed by atoms with E-state index in [1.807, 2.05) is 36.4 Å². The number of aryl methyl sites for hydroxylation is 1. The standard InChI is InChI=1S/C30H37FN2O4/c1-36-24-10-12-28-26(19-24)25(13-15-32-28)27(31)11-9-21-14-17-33(20-23(21)18-30(34)35)16-5-7-22-6-3-4-8-29(22)37-2/h3-4,6,8,10,12-13,15,19,21,23,27H,5,7,9,11,14,16-18,20H2,1-2H3,(H,34,35)/t21-,23+,27+/m1/s1. The van der Waals surface area contributed by atoms with Crippen molar-refractivity contribution < 1.29 is 23.8 Å². The van der Waals surface area contributed by atoms with Crippen LogP contribution in [0, 0.1) is 11.8 Å². The molecule has 1 saturated heterocycles. The summed E-state index contributed by atoms with van der Waals surface area (Å²) in [6, 6.07) is 15.3. The van der Waals surface area contributed by atoms with Crippen LogP contribution in [0.5, 0.6) is 11.5 Å². The van der Waals surface area contributed by atoms with E-state index in [-0.39, 0.29) is 18.3 Å². The molecule has 1 aliphatic rings. The highest BCUT2D eigenvalue weighted by molar-refractivity contribution is 5.83. The van der Waals surface area contributed by atoms with Gasteiger partial charge in [0.05, 0.1) is 19.7 Å². The van der Waals surface area contributed by atoms with Gasteiger partial charge in [-0.25, -0.2) is 4.39 Å². The van der Waals surface area contributed by atoms with Gasteiger partial charge in [-0.3, -0.25) is 9.78 Å². The van der Waals surface area contributed by atoms with E-state index < -0.39 is 12.1 Å². The van der Waals surface area contributed by atoms with Gasteiger partial charge in [-0.1, -0.05) is 18.2 Å². The van der Waals surface area contributed by atoms with Gasteiger partial charge in [0.15, 0.2) is 0 Å². The molecular formula is C30H37FN2O4. The molecule has 3 atom stereocenters. The fourth-order valence-electron chi connectivity index (χ4n) is 5.66. The van der Waals surface area contributed by atoms with Gasteiger partial charge in [-0.2, -0.15) is 0 Å². The molecule has 1 N–H and O–H groups in total. The van der Waals surface area contributed by atoms with Crippen molar-refractivity contribution >= 4 is 16.9 Å². The fourth-order valence-corrected chi connectivity index (χ4v) is 5.66. The van der Waals surface area contributed by atoms with Crippen molar-refractivity contribution in [2.24, 2.45) is 11.8 Å². The summed E-state index contributed by atoms with van der Waals surface area (Å²) in [5, 5.41) is 10.3. The number of piperidine rings is 1. The zero-order valence-corrected chi connectivity index (χ0v) is 21.7. The Hall–Kier alpha value is -3.19. The number of rotatable bonds is 12. The smallest absolute Gasteiger partial charge is 0.303 e. The Morgan fingerprint density at radius 1 is 1.16 bits per heavy atom. The summed E-state index contributed by atoms with van der Waals surface area (Å²) in [6.07, 6.45) is 4.46. The third kappa shape index (κ3) is 6.98. The number of carbonyl (C=O) groups is 1. The molecule has 2 heterocycles. The van der Waals surface area contributed by atoms with Crippen molar-refractivity contribution in [1.29, 1.82) is 0 Å². The second kappa shape index (κ2) is 12.9. The first-order valence-corrected chi connectivity index (χ1v) is 13.1. The first-order chi connectivity index (χ1) is 18.0. The van der Waals surface area contributed by atoms with Gasteiger partial charge in [0.25, 0.3) is 0 Å². The van der Waals surface area contributed by atoms with E-state index in [0.717, 1.165) is 55.5 Å². The number of para-hydroxylation sites is 1. The van der Waals surface area contributed by atoms with Crippen molar-refractivity contribution in [2.75, 3.05) is 33.9 Å². The lowest BCUT2D eigenvalue weighted by Crippen LogP contribution is -2.42. The van der Waals surface area contributed by atoms with E-state index in [4.69, 9.17) is 9.47 Å². The normalized spacial score (nSPS) is 19.0. The number of aromatic nitrogens is 1. The van der Waals surface area contributed by atoms with Crippen molar-refractivity contribution in [3.05, 3.63) is 65.9 Å². The summed E-state index contributed by atoms with van der Waals surface area (Å²) in [5.74, 6) is 1.02. The molecular weight excluding hydrogens is 471 g/mol. The highest BCUT2D eigenvalue weighted by Crippen LogP contribution is 2.36. The first kappa shape index (κ1) is 26.9. The van der Waals surface area contributed by atoms with Gasteiger partial charge in [0, 0.05) is 24.5 Å². The number of likely N-dealkylation sites (tertiary alicyclic amines) is 1. The lowest BCUT2D eigenvalue weighted by Gasteiger charge is -2.38. The minimum absolute atomic E-state index is 0.0268.